The number of likely N-dealkylation sites (tertiary alicyclic amines) is 1. The Balaban J connectivity index is 1.73. The monoisotopic (exact) mass is 425 g/mol. The van der Waals surface area contributed by atoms with Gasteiger partial charge in [-0.15, -0.1) is 0 Å². The summed E-state index contributed by atoms with van der Waals surface area (Å²) in [7, 11) is 3.04. The highest BCUT2D eigenvalue weighted by atomic mass is 16.5. The van der Waals surface area contributed by atoms with Crippen LogP contribution < -0.4 is 20.1 Å². The number of amides is 2. The second-order valence-corrected chi connectivity index (χ2v) is 8.26. The van der Waals surface area contributed by atoms with Crippen LogP contribution in [0.2, 0.25) is 0 Å². The first-order valence-electron chi connectivity index (χ1n) is 10.5. The van der Waals surface area contributed by atoms with Crippen molar-refractivity contribution in [3.05, 3.63) is 48.0 Å². The van der Waals surface area contributed by atoms with Gasteiger partial charge in [-0.1, -0.05) is 32.0 Å². The highest BCUT2D eigenvalue weighted by molar-refractivity contribution is 6.05. The minimum absolute atomic E-state index is 0.109. The van der Waals surface area contributed by atoms with Gasteiger partial charge in [-0.25, -0.2) is 0 Å². The fourth-order valence-corrected chi connectivity index (χ4v) is 4.19. The number of hydrogen-bond donors (Lipinski definition) is 2. The molecule has 7 nitrogen and oxygen atoms in total. The molecule has 2 amide bonds. The minimum Gasteiger partial charge on any atom is -0.494 e. The van der Waals surface area contributed by atoms with Crippen LogP contribution in [0.5, 0.6) is 11.5 Å². The summed E-state index contributed by atoms with van der Waals surface area (Å²) in [6.07, 6.45) is 1.19. The van der Waals surface area contributed by atoms with Crippen LogP contribution in [-0.4, -0.2) is 50.6 Å². The maximum absolute atomic E-state index is 12.7. The van der Waals surface area contributed by atoms with E-state index in [-0.39, 0.29) is 11.8 Å². The van der Waals surface area contributed by atoms with Crippen LogP contribution in [0, 0.1) is 11.8 Å². The Bertz CT molecular complexity index is 907. The van der Waals surface area contributed by atoms with Gasteiger partial charge < -0.3 is 20.1 Å². The number of anilines is 2. The van der Waals surface area contributed by atoms with E-state index in [2.05, 4.69) is 29.4 Å². The Morgan fingerprint density at radius 2 is 1.48 bits per heavy atom. The molecule has 166 valence electrons. The second kappa shape index (κ2) is 10.3. The van der Waals surface area contributed by atoms with Crippen LogP contribution >= 0.6 is 0 Å². The quantitative estimate of drug-likeness (QED) is 0.704. The molecule has 3 rings (SSSR count). The molecule has 2 aromatic carbocycles. The predicted molar refractivity (Wildman–Crippen MR) is 122 cm³/mol. The van der Waals surface area contributed by atoms with Gasteiger partial charge in [-0.3, -0.25) is 14.5 Å². The number of benzene rings is 2. The molecule has 0 bridgehead atoms. The molecule has 0 radical (unpaired) electrons. The third kappa shape index (κ3) is 5.98. The molecule has 0 aromatic heterocycles. The lowest BCUT2D eigenvalue weighted by Gasteiger charge is -2.34. The third-order valence-corrected chi connectivity index (χ3v) is 5.39. The van der Waals surface area contributed by atoms with E-state index >= 15 is 0 Å². The van der Waals surface area contributed by atoms with E-state index in [0.717, 1.165) is 13.1 Å². The highest BCUT2D eigenvalue weighted by Gasteiger charge is 2.24. The number of nitrogens with zero attached hydrogens (tertiary/aromatic N) is 1. The minimum atomic E-state index is -0.258. The zero-order valence-corrected chi connectivity index (χ0v) is 18.6. The van der Waals surface area contributed by atoms with E-state index in [4.69, 9.17) is 9.47 Å². The van der Waals surface area contributed by atoms with Crippen molar-refractivity contribution in [1.82, 2.24) is 4.90 Å². The van der Waals surface area contributed by atoms with Gasteiger partial charge in [0.2, 0.25) is 5.91 Å². The Morgan fingerprint density at radius 1 is 0.935 bits per heavy atom. The van der Waals surface area contributed by atoms with Gasteiger partial charge in [-0.2, -0.15) is 0 Å². The third-order valence-electron chi connectivity index (χ3n) is 5.39. The molecule has 31 heavy (non-hydrogen) atoms. The van der Waals surface area contributed by atoms with E-state index < -0.39 is 0 Å². The number of carbonyl (C=O) groups is 2. The zero-order valence-electron chi connectivity index (χ0n) is 18.6. The van der Waals surface area contributed by atoms with E-state index in [9.17, 15) is 9.59 Å². The lowest BCUT2D eigenvalue weighted by atomic mass is 9.92. The summed E-state index contributed by atoms with van der Waals surface area (Å²) in [4.78, 5) is 27.4. The van der Waals surface area contributed by atoms with Crippen molar-refractivity contribution in [1.29, 1.82) is 0 Å². The lowest BCUT2D eigenvalue weighted by molar-refractivity contribution is -0.117. The Hall–Kier alpha value is -3.06. The fraction of sp³-hybridized carbons (Fsp3) is 0.417. The SMILES string of the molecule is COc1cc(NC(=O)c2ccccc2)c(OC)cc1NC(=O)CN1C[C@H](C)C[C@@H](C)C1. The maximum Gasteiger partial charge on any atom is 0.255 e. The molecule has 0 unspecified atom stereocenters. The van der Waals surface area contributed by atoms with Gasteiger partial charge in [0.1, 0.15) is 11.5 Å². The first kappa shape index (κ1) is 22.6. The number of nitrogens with one attached hydrogen (secondary N) is 2. The molecule has 1 fully saturated rings. The van der Waals surface area contributed by atoms with Crippen LogP contribution in [0.4, 0.5) is 11.4 Å². The van der Waals surface area contributed by atoms with Crippen LogP contribution in [-0.2, 0) is 4.79 Å². The standard InChI is InChI=1S/C24H31N3O4/c1-16-10-17(2)14-27(13-16)15-23(28)25-19-11-22(31-4)20(12-21(19)30-3)26-24(29)18-8-6-5-7-9-18/h5-9,11-12,16-17H,10,13-15H2,1-4H3,(H,25,28)(H,26,29)/t16-,17-/m1/s1. The summed E-state index contributed by atoms with van der Waals surface area (Å²) in [6, 6.07) is 12.2. The number of methoxy groups -OCH3 is 2. The molecular weight excluding hydrogens is 394 g/mol. The van der Waals surface area contributed by atoms with Crippen molar-refractivity contribution < 1.29 is 19.1 Å². The number of carbonyl (C=O) groups excluding carboxylic acids is 2. The van der Waals surface area contributed by atoms with E-state index in [1.165, 1.54) is 20.6 Å². The summed E-state index contributed by atoms with van der Waals surface area (Å²) in [5.74, 6) is 1.67. The smallest absolute Gasteiger partial charge is 0.255 e. The van der Waals surface area contributed by atoms with Crippen LogP contribution in [0.25, 0.3) is 0 Å². The molecule has 1 saturated heterocycles. The van der Waals surface area contributed by atoms with Crippen LogP contribution in [0.1, 0.15) is 30.6 Å². The Morgan fingerprint density at radius 3 is 2.03 bits per heavy atom. The highest BCUT2D eigenvalue weighted by Crippen LogP contribution is 2.36. The normalized spacial score (nSPS) is 18.8. The summed E-state index contributed by atoms with van der Waals surface area (Å²) >= 11 is 0. The molecule has 1 aliphatic rings. The van der Waals surface area contributed by atoms with Crippen molar-refractivity contribution in [3.8, 4) is 11.5 Å². The van der Waals surface area contributed by atoms with Gasteiger partial charge in [0.05, 0.1) is 32.1 Å². The molecule has 1 heterocycles. The Labute approximate surface area is 183 Å². The fourth-order valence-electron chi connectivity index (χ4n) is 4.19. The molecule has 0 saturated carbocycles. The Kier molecular flexibility index (Phi) is 7.52. The molecule has 0 aliphatic carbocycles. The van der Waals surface area contributed by atoms with Gasteiger partial charge in [0, 0.05) is 30.8 Å². The van der Waals surface area contributed by atoms with E-state index in [1.54, 1.807) is 36.4 Å². The van der Waals surface area contributed by atoms with E-state index in [1.807, 2.05) is 6.07 Å². The summed E-state index contributed by atoms with van der Waals surface area (Å²) in [5, 5.41) is 5.77. The maximum atomic E-state index is 12.7. The van der Waals surface area contributed by atoms with Gasteiger partial charge in [-0.05, 0) is 30.4 Å². The van der Waals surface area contributed by atoms with Gasteiger partial charge in [0.15, 0.2) is 0 Å². The number of piperidine rings is 1. The number of ether oxygens (including phenoxy) is 2. The molecular formula is C24H31N3O4. The first-order valence-corrected chi connectivity index (χ1v) is 10.5. The largest absolute Gasteiger partial charge is 0.494 e. The molecule has 2 N–H and O–H groups in total. The van der Waals surface area contributed by atoms with Crippen molar-refractivity contribution in [2.45, 2.75) is 20.3 Å². The molecule has 2 atom stereocenters. The zero-order chi connectivity index (χ0) is 22.4. The summed E-state index contributed by atoms with van der Waals surface area (Å²) < 4.78 is 10.9. The predicted octanol–water partition coefficient (Wildman–Crippen LogP) is 3.87. The summed E-state index contributed by atoms with van der Waals surface area (Å²) in [6.45, 7) is 6.60. The number of rotatable bonds is 7. The van der Waals surface area contributed by atoms with Crippen molar-refractivity contribution in [2.24, 2.45) is 11.8 Å². The molecule has 2 aromatic rings. The van der Waals surface area contributed by atoms with E-state index in [0.29, 0.717) is 46.8 Å². The lowest BCUT2D eigenvalue weighted by Crippen LogP contribution is -2.42. The number of hydrogen-bond acceptors (Lipinski definition) is 5. The van der Waals surface area contributed by atoms with Crippen LogP contribution in [0.15, 0.2) is 42.5 Å². The molecule has 1 aliphatic heterocycles. The van der Waals surface area contributed by atoms with Crippen molar-refractivity contribution in [2.75, 3.05) is 44.5 Å². The van der Waals surface area contributed by atoms with Crippen molar-refractivity contribution in [3.63, 3.8) is 0 Å². The molecule has 0 spiro atoms. The average molecular weight is 426 g/mol. The first-order chi connectivity index (χ1) is 14.9. The average Bonchev–Trinajstić information content (AvgIpc) is 2.74. The second-order valence-electron chi connectivity index (χ2n) is 8.26. The topological polar surface area (TPSA) is 79.9 Å². The van der Waals surface area contributed by atoms with Crippen molar-refractivity contribution >= 4 is 23.2 Å². The van der Waals surface area contributed by atoms with Gasteiger partial charge in [0.25, 0.3) is 5.91 Å². The summed E-state index contributed by atoms with van der Waals surface area (Å²) in [5.41, 5.74) is 1.50. The molecule has 7 heteroatoms. The van der Waals surface area contributed by atoms with Gasteiger partial charge >= 0.3 is 0 Å². The van der Waals surface area contributed by atoms with Crippen LogP contribution in [0.3, 0.4) is 0 Å².